The van der Waals surface area contributed by atoms with Crippen LogP contribution in [0.5, 0.6) is 5.75 Å². The van der Waals surface area contributed by atoms with Gasteiger partial charge in [-0.2, -0.15) is 0 Å². The molecule has 1 aromatic heterocycles. The van der Waals surface area contributed by atoms with Gasteiger partial charge in [-0.15, -0.1) is 11.3 Å². The Balaban J connectivity index is 1.82. The van der Waals surface area contributed by atoms with Crippen molar-refractivity contribution in [3.05, 3.63) is 63.6 Å². The third kappa shape index (κ3) is 3.14. The number of carbonyl (C=O) groups excluding carboxylic acids is 2. The number of rotatable bonds is 4. The molecule has 0 spiro atoms. The van der Waals surface area contributed by atoms with Crippen LogP contribution in [-0.2, 0) is 4.79 Å². The van der Waals surface area contributed by atoms with Crippen molar-refractivity contribution in [2.75, 3.05) is 0 Å². The number of nitrogens with zero attached hydrogens (tertiary/aromatic N) is 1. The van der Waals surface area contributed by atoms with Crippen LogP contribution in [-0.4, -0.2) is 32.8 Å². The molecule has 1 atom stereocenters. The number of Topliss-reactive ketones (excluding diaryl/α,β-unsaturated/α-hetero) is 1. The second kappa shape index (κ2) is 7.19. The van der Waals surface area contributed by atoms with Gasteiger partial charge in [0.1, 0.15) is 5.75 Å². The average molecular weight is 383 g/mol. The fraction of sp³-hybridized carbons (Fsp3) is 0.333. The summed E-state index contributed by atoms with van der Waals surface area (Å²) in [6.45, 7) is 0. The number of phenols is 1. The lowest BCUT2D eigenvalue weighted by atomic mass is 9.90. The Morgan fingerprint density at radius 2 is 1.85 bits per heavy atom. The van der Waals surface area contributed by atoms with E-state index in [9.17, 15) is 19.8 Å². The minimum Gasteiger partial charge on any atom is -0.508 e. The fourth-order valence-electron chi connectivity index (χ4n) is 4.15. The topological polar surface area (TPSA) is 77.8 Å². The molecule has 6 heteroatoms. The molecule has 1 aliphatic heterocycles. The Kier molecular flexibility index (Phi) is 4.74. The third-order valence-electron chi connectivity index (χ3n) is 5.39. The zero-order valence-corrected chi connectivity index (χ0v) is 15.6. The number of hydrogen-bond donors (Lipinski definition) is 2. The molecule has 0 bridgehead atoms. The predicted molar refractivity (Wildman–Crippen MR) is 103 cm³/mol. The largest absolute Gasteiger partial charge is 0.508 e. The maximum atomic E-state index is 13.1. The summed E-state index contributed by atoms with van der Waals surface area (Å²) in [5.41, 5.74) is 0.747. The highest BCUT2D eigenvalue weighted by Gasteiger charge is 2.46. The van der Waals surface area contributed by atoms with Crippen molar-refractivity contribution in [3.63, 3.8) is 0 Å². The molecule has 1 aromatic carbocycles. The van der Waals surface area contributed by atoms with E-state index in [-0.39, 0.29) is 23.1 Å². The minimum atomic E-state index is -0.678. The Labute approximate surface area is 161 Å². The molecule has 4 rings (SSSR count). The van der Waals surface area contributed by atoms with Gasteiger partial charge < -0.3 is 15.1 Å². The SMILES string of the molecule is O=C(C1=C(O)C(=O)N(C2CCCCC2)C1c1cccc(O)c1)c1cccs1. The van der Waals surface area contributed by atoms with E-state index < -0.39 is 17.7 Å². The smallest absolute Gasteiger partial charge is 0.290 e. The minimum absolute atomic E-state index is 0.0191. The van der Waals surface area contributed by atoms with Gasteiger partial charge in [0.25, 0.3) is 5.91 Å². The molecule has 5 nitrogen and oxygen atoms in total. The molecule has 1 amide bonds. The predicted octanol–water partition coefficient (Wildman–Crippen LogP) is 4.36. The summed E-state index contributed by atoms with van der Waals surface area (Å²) in [6.07, 6.45) is 4.89. The van der Waals surface area contributed by atoms with Gasteiger partial charge in [0, 0.05) is 6.04 Å². The number of ketones is 1. The van der Waals surface area contributed by atoms with Gasteiger partial charge in [-0.05, 0) is 42.0 Å². The molecule has 27 heavy (non-hydrogen) atoms. The highest BCUT2D eigenvalue weighted by atomic mass is 32.1. The number of aliphatic hydroxyl groups excluding tert-OH is 1. The highest BCUT2D eigenvalue weighted by Crippen LogP contribution is 2.43. The van der Waals surface area contributed by atoms with E-state index in [1.165, 1.54) is 11.3 Å². The monoisotopic (exact) mass is 383 g/mol. The number of carbonyl (C=O) groups is 2. The summed E-state index contributed by atoms with van der Waals surface area (Å²) in [5, 5.41) is 22.4. The van der Waals surface area contributed by atoms with Crippen LogP contribution in [0.1, 0.15) is 53.4 Å². The van der Waals surface area contributed by atoms with Crippen LogP contribution in [0.25, 0.3) is 0 Å². The summed E-state index contributed by atoms with van der Waals surface area (Å²) in [7, 11) is 0. The molecular formula is C21H21NO4S. The van der Waals surface area contributed by atoms with Crippen LogP contribution in [0.2, 0.25) is 0 Å². The molecule has 2 N–H and O–H groups in total. The number of phenolic OH excluding ortho intramolecular Hbond substituents is 1. The van der Waals surface area contributed by atoms with Crippen molar-refractivity contribution in [2.24, 2.45) is 0 Å². The van der Waals surface area contributed by atoms with Crippen LogP contribution in [0, 0.1) is 0 Å². The molecule has 0 saturated heterocycles. The van der Waals surface area contributed by atoms with Crippen LogP contribution < -0.4 is 0 Å². The van der Waals surface area contributed by atoms with E-state index in [0.29, 0.717) is 10.4 Å². The molecule has 2 aliphatic rings. The number of aliphatic hydroxyl groups is 1. The van der Waals surface area contributed by atoms with Crippen molar-refractivity contribution >= 4 is 23.0 Å². The Hall–Kier alpha value is -2.60. The maximum absolute atomic E-state index is 13.1. The van der Waals surface area contributed by atoms with Crippen LogP contribution in [0.15, 0.2) is 53.1 Å². The van der Waals surface area contributed by atoms with Gasteiger partial charge in [0.15, 0.2) is 5.76 Å². The maximum Gasteiger partial charge on any atom is 0.290 e. The van der Waals surface area contributed by atoms with Crippen LogP contribution >= 0.6 is 11.3 Å². The lowest BCUT2D eigenvalue weighted by Crippen LogP contribution is -2.41. The first-order valence-corrected chi connectivity index (χ1v) is 10.1. The van der Waals surface area contributed by atoms with Crippen molar-refractivity contribution in [1.29, 1.82) is 0 Å². The third-order valence-corrected chi connectivity index (χ3v) is 6.26. The Morgan fingerprint density at radius 1 is 1.07 bits per heavy atom. The average Bonchev–Trinajstić information content (AvgIpc) is 3.30. The molecule has 2 heterocycles. The van der Waals surface area contributed by atoms with E-state index in [1.54, 1.807) is 46.7 Å². The lowest BCUT2D eigenvalue weighted by Gasteiger charge is -2.36. The molecule has 1 fully saturated rings. The van der Waals surface area contributed by atoms with Crippen molar-refractivity contribution in [3.8, 4) is 5.75 Å². The number of thiophene rings is 1. The molecule has 1 aliphatic carbocycles. The van der Waals surface area contributed by atoms with E-state index in [0.717, 1.165) is 32.1 Å². The molecule has 0 radical (unpaired) electrons. The number of amides is 1. The fourth-order valence-corrected chi connectivity index (χ4v) is 4.83. The summed E-state index contributed by atoms with van der Waals surface area (Å²) < 4.78 is 0. The Bertz CT molecular complexity index is 897. The van der Waals surface area contributed by atoms with Gasteiger partial charge in [-0.1, -0.05) is 37.5 Å². The van der Waals surface area contributed by atoms with Crippen LogP contribution in [0.4, 0.5) is 0 Å². The van der Waals surface area contributed by atoms with Gasteiger partial charge >= 0.3 is 0 Å². The lowest BCUT2D eigenvalue weighted by molar-refractivity contribution is -0.132. The first-order valence-electron chi connectivity index (χ1n) is 9.21. The molecule has 1 unspecified atom stereocenters. The van der Waals surface area contributed by atoms with E-state index in [2.05, 4.69) is 0 Å². The molecular weight excluding hydrogens is 362 g/mol. The second-order valence-electron chi connectivity index (χ2n) is 7.07. The standard InChI is InChI=1S/C21H21NO4S/c23-15-9-4-6-13(12-15)18-17(19(24)16-10-5-11-27-16)20(25)21(26)22(18)14-7-2-1-3-8-14/h4-6,9-12,14,18,23,25H,1-3,7-8H2. The van der Waals surface area contributed by atoms with Crippen LogP contribution in [0.3, 0.4) is 0 Å². The molecule has 1 saturated carbocycles. The first kappa shape index (κ1) is 17.8. The van der Waals surface area contributed by atoms with Crippen molar-refractivity contribution in [1.82, 2.24) is 4.90 Å². The van der Waals surface area contributed by atoms with Gasteiger partial charge in [0.2, 0.25) is 5.78 Å². The van der Waals surface area contributed by atoms with Gasteiger partial charge in [0.05, 0.1) is 16.5 Å². The van der Waals surface area contributed by atoms with E-state index in [4.69, 9.17) is 0 Å². The molecule has 2 aromatic rings. The number of hydrogen-bond acceptors (Lipinski definition) is 5. The van der Waals surface area contributed by atoms with Gasteiger partial charge in [-0.25, -0.2) is 0 Å². The summed E-state index contributed by atoms with van der Waals surface area (Å²) in [5.74, 6) is -1.22. The summed E-state index contributed by atoms with van der Waals surface area (Å²) >= 11 is 1.28. The first-order chi connectivity index (χ1) is 13.1. The van der Waals surface area contributed by atoms with E-state index in [1.807, 2.05) is 0 Å². The summed E-state index contributed by atoms with van der Waals surface area (Å²) in [6, 6.07) is 9.36. The normalized spacial score (nSPS) is 21.1. The number of benzene rings is 1. The zero-order chi connectivity index (χ0) is 19.0. The van der Waals surface area contributed by atoms with E-state index >= 15 is 0 Å². The second-order valence-corrected chi connectivity index (χ2v) is 8.02. The zero-order valence-electron chi connectivity index (χ0n) is 14.8. The van der Waals surface area contributed by atoms with Crippen molar-refractivity contribution < 1.29 is 19.8 Å². The molecule has 140 valence electrons. The van der Waals surface area contributed by atoms with Crippen molar-refractivity contribution in [2.45, 2.75) is 44.2 Å². The Morgan fingerprint density at radius 3 is 2.52 bits per heavy atom. The van der Waals surface area contributed by atoms with Gasteiger partial charge in [-0.3, -0.25) is 9.59 Å². The number of aromatic hydroxyl groups is 1. The highest BCUT2D eigenvalue weighted by molar-refractivity contribution is 7.12. The summed E-state index contributed by atoms with van der Waals surface area (Å²) in [4.78, 5) is 28.2. The quantitative estimate of drug-likeness (QED) is 0.769.